The first-order chi connectivity index (χ1) is 13.8. The number of hydrogen-bond donors (Lipinski definition) is 2. The molecule has 0 atom stereocenters. The molecule has 0 unspecified atom stereocenters. The van der Waals surface area contributed by atoms with Gasteiger partial charge in [-0.15, -0.1) is 0 Å². The number of nitrogens with one attached hydrogen (secondary N) is 2. The monoisotopic (exact) mass is 421 g/mol. The van der Waals surface area contributed by atoms with Gasteiger partial charge in [0.25, 0.3) is 0 Å². The summed E-state index contributed by atoms with van der Waals surface area (Å²) in [6.45, 7) is 7.26. The lowest BCUT2D eigenvalue weighted by Crippen LogP contribution is -2.39. The second kappa shape index (κ2) is 8.83. The number of benzene rings is 1. The standard InChI is InChI=1S/C19H27N5O4S/c1-4-28-17-8-6-16(7-9-17)20-19(25)23-10-5-11-24(13-12-23)29(26,27)18-14(2)21-22-15(18)3/h6-9H,4-5,10-13H2,1-3H3,(H,20,25)(H,21,22). The summed E-state index contributed by atoms with van der Waals surface area (Å²) in [4.78, 5) is 14.5. The molecule has 2 heterocycles. The number of carbonyl (C=O) groups excluding carboxylic acids is 1. The third-order valence-electron chi connectivity index (χ3n) is 4.82. The maximum atomic E-state index is 13.0. The Balaban J connectivity index is 1.64. The second-order valence-electron chi connectivity index (χ2n) is 6.90. The lowest BCUT2D eigenvalue weighted by molar-refractivity contribution is 0.214. The Hall–Kier alpha value is -2.59. The highest BCUT2D eigenvalue weighted by atomic mass is 32.2. The molecule has 0 radical (unpaired) electrons. The molecule has 1 aromatic heterocycles. The predicted octanol–water partition coefficient (Wildman–Crippen LogP) is 2.35. The molecule has 10 heteroatoms. The van der Waals surface area contributed by atoms with Crippen LogP contribution in [0.5, 0.6) is 5.75 Å². The van der Waals surface area contributed by atoms with E-state index in [0.29, 0.717) is 49.7 Å². The van der Waals surface area contributed by atoms with Crippen LogP contribution in [-0.2, 0) is 10.0 Å². The molecule has 2 N–H and O–H groups in total. The van der Waals surface area contributed by atoms with Gasteiger partial charge in [0.1, 0.15) is 10.6 Å². The van der Waals surface area contributed by atoms with Gasteiger partial charge in [0.2, 0.25) is 10.0 Å². The third-order valence-corrected chi connectivity index (χ3v) is 6.98. The van der Waals surface area contributed by atoms with E-state index in [2.05, 4.69) is 15.5 Å². The topological polar surface area (TPSA) is 108 Å². The number of hydrogen-bond acceptors (Lipinski definition) is 5. The second-order valence-corrected chi connectivity index (χ2v) is 8.77. The van der Waals surface area contributed by atoms with E-state index in [-0.39, 0.29) is 17.5 Å². The van der Waals surface area contributed by atoms with Gasteiger partial charge in [-0.3, -0.25) is 5.10 Å². The predicted molar refractivity (Wildman–Crippen MR) is 110 cm³/mol. The largest absolute Gasteiger partial charge is 0.494 e. The van der Waals surface area contributed by atoms with Crippen molar-refractivity contribution in [1.82, 2.24) is 19.4 Å². The van der Waals surface area contributed by atoms with E-state index in [1.165, 1.54) is 4.31 Å². The highest BCUT2D eigenvalue weighted by Crippen LogP contribution is 2.23. The van der Waals surface area contributed by atoms with Crippen molar-refractivity contribution in [3.05, 3.63) is 35.7 Å². The molecule has 1 saturated heterocycles. The van der Waals surface area contributed by atoms with Gasteiger partial charge in [-0.1, -0.05) is 0 Å². The highest BCUT2D eigenvalue weighted by Gasteiger charge is 2.31. The Kier molecular flexibility index (Phi) is 6.43. The minimum absolute atomic E-state index is 0.227. The first kappa shape index (κ1) is 21.1. The molecule has 158 valence electrons. The van der Waals surface area contributed by atoms with Gasteiger partial charge in [-0.25, -0.2) is 13.2 Å². The van der Waals surface area contributed by atoms with Crippen LogP contribution < -0.4 is 10.1 Å². The average molecular weight is 422 g/mol. The van der Waals surface area contributed by atoms with Crippen LogP contribution in [0.25, 0.3) is 0 Å². The van der Waals surface area contributed by atoms with Crippen LogP contribution in [0.15, 0.2) is 29.2 Å². The van der Waals surface area contributed by atoms with Crippen molar-refractivity contribution < 1.29 is 17.9 Å². The molecule has 2 amide bonds. The molecular formula is C19H27N5O4S. The molecule has 1 aromatic carbocycles. The summed E-state index contributed by atoms with van der Waals surface area (Å²) in [5.74, 6) is 0.742. The fraction of sp³-hybridized carbons (Fsp3) is 0.474. The zero-order chi connectivity index (χ0) is 21.0. The molecule has 9 nitrogen and oxygen atoms in total. The number of rotatable bonds is 5. The molecular weight excluding hydrogens is 394 g/mol. The van der Waals surface area contributed by atoms with Gasteiger partial charge < -0.3 is 15.0 Å². The van der Waals surface area contributed by atoms with E-state index >= 15 is 0 Å². The van der Waals surface area contributed by atoms with Gasteiger partial charge in [0.15, 0.2) is 0 Å². The van der Waals surface area contributed by atoms with Gasteiger partial charge in [-0.05, 0) is 51.5 Å². The number of sulfonamides is 1. The molecule has 29 heavy (non-hydrogen) atoms. The zero-order valence-electron chi connectivity index (χ0n) is 16.9. The zero-order valence-corrected chi connectivity index (χ0v) is 17.8. The number of amides is 2. The molecule has 1 fully saturated rings. The van der Waals surface area contributed by atoms with E-state index in [1.807, 2.05) is 6.92 Å². The molecule has 0 saturated carbocycles. The van der Waals surface area contributed by atoms with Crippen LogP contribution in [0.4, 0.5) is 10.5 Å². The van der Waals surface area contributed by atoms with Crippen molar-refractivity contribution in [3.8, 4) is 5.75 Å². The maximum absolute atomic E-state index is 13.0. The van der Waals surface area contributed by atoms with Gasteiger partial charge in [0, 0.05) is 31.9 Å². The Morgan fingerprint density at radius 2 is 1.90 bits per heavy atom. The fourth-order valence-corrected chi connectivity index (χ4v) is 5.19. The maximum Gasteiger partial charge on any atom is 0.321 e. The number of nitrogens with zero attached hydrogens (tertiary/aromatic N) is 3. The van der Waals surface area contributed by atoms with E-state index < -0.39 is 10.0 Å². The third kappa shape index (κ3) is 4.70. The molecule has 2 aromatic rings. The van der Waals surface area contributed by atoms with Crippen molar-refractivity contribution in [2.45, 2.75) is 32.1 Å². The summed E-state index contributed by atoms with van der Waals surface area (Å²) in [5, 5.41) is 9.58. The number of carbonyl (C=O) groups is 1. The number of H-pyrrole nitrogens is 1. The summed E-state index contributed by atoms with van der Waals surface area (Å²) in [6.07, 6.45) is 0.561. The summed E-state index contributed by atoms with van der Waals surface area (Å²) in [6, 6.07) is 6.91. The number of aryl methyl sites for hydroxylation is 2. The average Bonchev–Trinajstić information content (AvgIpc) is 2.88. The molecule has 0 bridgehead atoms. The number of aromatic amines is 1. The van der Waals surface area contributed by atoms with Gasteiger partial charge in [-0.2, -0.15) is 9.40 Å². The normalized spacial score (nSPS) is 15.8. The lowest BCUT2D eigenvalue weighted by atomic mass is 10.3. The van der Waals surface area contributed by atoms with Crippen molar-refractivity contribution in [1.29, 1.82) is 0 Å². The van der Waals surface area contributed by atoms with Crippen LogP contribution in [0.2, 0.25) is 0 Å². The Morgan fingerprint density at radius 1 is 1.17 bits per heavy atom. The summed E-state index contributed by atoms with van der Waals surface area (Å²) in [7, 11) is -3.65. The van der Waals surface area contributed by atoms with Crippen LogP contribution >= 0.6 is 0 Å². The number of urea groups is 1. The van der Waals surface area contributed by atoms with Gasteiger partial charge >= 0.3 is 6.03 Å². The van der Waals surface area contributed by atoms with E-state index in [0.717, 1.165) is 5.75 Å². The quantitative estimate of drug-likeness (QED) is 0.771. The first-order valence-electron chi connectivity index (χ1n) is 9.63. The van der Waals surface area contributed by atoms with E-state index in [1.54, 1.807) is 43.0 Å². The van der Waals surface area contributed by atoms with E-state index in [4.69, 9.17) is 4.74 Å². The first-order valence-corrected chi connectivity index (χ1v) is 11.1. The smallest absolute Gasteiger partial charge is 0.321 e. The minimum Gasteiger partial charge on any atom is -0.494 e. The SMILES string of the molecule is CCOc1ccc(NC(=O)N2CCCN(S(=O)(=O)c3c(C)n[nH]c3C)CC2)cc1. The molecule has 0 aliphatic carbocycles. The van der Waals surface area contributed by atoms with E-state index in [9.17, 15) is 13.2 Å². The number of aromatic nitrogens is 2. The Labute approximate surface area is 171 Å². The summed E-state index contributed by atoms with van der Waals surface area (Å²) in [5.41, 5.74) is 1.64. The minimum atomic E-state index is -3.65. The lowest BCUT2D eigenvalue weighted by Gasteiger charge is -2.22. The Bertz CT molecular complexity index is 936. The summed E-state index contributed by atoms with van der Waals surface area (Å²) < 4.78 is 32.9. The van der Waals surface area contributed by atoms with Crippen molar-refractivity contribution >= 4 is 21.7 Å². The number of ether oxygens (including phenoxy) is 1. The molecule has 0 spiro atoms. The van der Waals surface area contributed by atoms with Crippen molar-refractivity contribution in [2.24, 2.45) is 0 Å². The van der Waals surface area contributed by atoms with Crippen molar-refractivity contribution in [3.63, 3.8) is 0 Å². The molecule has 1 aliphatic rings. The summed E-state index contributed by atoms with van der Waals surface area (Å²) >= 11 is 0. The number of anilines is 1. The van der Waals surface area contributed by atoms with Crippen LogP contribution in [0, 0.1) is 13.8 Å². The highest BCUT2D eigenvalue weighted by molar-refractivity contribution is 7.89. The van der Waals surface area contributed by atoms with Crippen LogP contribution in [0.3, 0.4) is 0 Å². The van der Waals surface area contributed by atoms with Crippen LogP contribution in [0.1, 0.15) is 24.7 Å². The Morgan fingerprint density at radius 3 is 2.52 bits per heavy atom. The molecule has 3 rings (SSSR count). The fourth-order valence-electron chi connectivity index (χ4n) is 3.39. The van der Waals surface area contributed by atoms with Crippen LogP contribution in [-0.4, -0.2) is 66.6 Å². The van der Waals surface area contributed by atoms with Crippen molar-refractivity contribution in [2.75, 3.05) is 38.1 Å². The van der Waals surface area contributed by atoms with Gasteiger partial charge in [0.05, 0.1) is 18.0 Å². The molecule has 1 aliphatic heterocycles.